The molecule has 0 aliphatic carbocycles. The number of carbonyl (C=O) groups is 2. The van der Waals surface area contributed by atoms with Crippen molar-refractivity contribution < 1.29 is 32.6 Å². The fourth-order valence-corrected chi connectivity index (χ4v) is 1.01. The van der Waals surface area contributed by atoms with E-state index >= 15 is 0 Å². The number of carboxylic acids is 1. The minimum Gasteiger partial charge on any atom is -0.480 e. The minimum absolute atomic E-state index is 0.0322. The Kier molecular flexibility index (Phi) is 7.03. The molecule has 0 heterocycles. The second-order valence-corrected chi connectivity index (χ2v) is 3.40. The highest BCUT2D eigenvalue weighted by Gasteiger charge is 2.27. The van der Waals surface area contributed by atoms with Gasteiger partial charge in [0, 0.05) is 6.42 Å². The van der Waals surface area contributed by atoms with E-state index in [9.17, 15) is 22.8 Å². The number of ether oxygens (including phenoxy) is 1. The lowest BCUT2D eigenvalue weighted by Gasteiger charge is -2.12. The summed E-state index contributed by atoms with van der Waals surface area (Å²) in [7, 11) is 0. The van der Waals surface area contributed by atoms with Crippen LogP contribution >= 0.6 is 0 Å². The molecule has 0 saturated heterocycles. The topological polar surface area (TPSA) is 75.6 Å². The van der Waals surface area contributed by atoms with Crippen molar-refractivity contribution in [1.82, 2.24) is 5.32 Å². The monoisotopic (exact) mass is 269 g/mol. The number of halogens is 3. The van der Waals surface area contributed by atoms with E-state index in [2.05, 4.69) is 16.6 Å². The number of rotatable bonds is 8. The van der Waals surface area contributed by atoms with Crippen molar-refractivity contribution in [1.29, 1.82) is 0 Å². The molecular formula is C10H14F3NO4. The zero-order chi connectivity index (χ0) is 14.2. The third-order valence-electron chi connectivity index (χ3n) is 1.77. The molecule has 0 aliphatic rings. The summed E-state index contributed by atoms with van der Waals surface area (Å²) in [5.74, 6) is -1.93. The second kappa shape index (κ2) is 7.70. The Labute approximate surface area is 102 Å². The quantitative estimate of drug-likeness (QED) is 0.511. The molecule has 1 atom stereocenters. The van der Waals surface area contributed by atoms with Gasteiger partial charge in [0.15, 0.2) is 0 Å². The predicted molar refractivity (Wildman–Crippen MR) is 55.9 cm³/mol. The number of hydrogen-bond acceptors (Lipinski definition) is 3. The lowest BCUT2D eigenvalue weighted by molar-refractivity contribution is -0.174. The maximum atomic E-state index is 11.7. The SMILES string of the molecule is C=CCC(NC(=O)CCOCC(F)(F)F)C(=O)O. The molecule has 0 rings (SSSR count). The average molecular weight is 269 g/mol. The van der Waals surface area contributed by atoms with Crippen LogP contribution in [0.25, 0.3) is 0 Å². The number of carbonyl (C=O) groups excluding carboxylic acids is 1. The Balaban J connectivity index is 3.89. The Bertz CT molecular complexity index is 304. The summed E-state index contributed by atoms with van der Waals surface area (Å²) in [5, 5.41) is 10.8. The van der Waals surface area contributed by atoms with Crippen LogP contribution < -0.4 is 5.32 Å². The van der Waals surface area contributed by atoms with Gasteiger partial charge in [-0.15, -0.1) is 6.58 Å². The highest BCUT2D eigenvalue weighted by atomic mass is 19.4. The van der Waals surface area contributed by atoms with Crippen LogP contribution in [0.4, 0.5) is 13.2 Å². The van der Waals surface area contributed by atoms with Crippen LogP contribution in [0.2, 0.25) is 0 Å². The van der Waals surface area contributed by atoms with Gasteiger partial charge in [0.05, 0.1) is 6.61 Å². The highest BCUT2D eigenvalue weighted by molar-refractivity contribution is 5.83. The molecule has 0 aliphatic heterocycles. The van der Waals surface area contributed by atoms with Crippen molar-refractivity contribution in [3.05, 3.63) is 12.7 Å². The fourth-order valence-electron chi connectivity index (χ4n) is 1.01. The van der Waals surface area contributed by atoms with E-state index in [1.54, 1.807) is 0 Å². The molecule has 0 saturated carbocycles. The van der Waals surface area contributed by atoms with Crippen molar-refractivity contribution in [2.24, 2.45) is 0 Å². The second-order valence-electron chi connectivity index (χ2n) is 3.40. The molecule has 0 fully saturated rings. The first-order valence-corrected chi connectivity index (χ1v) is 5.04. The number of alkyl halides is 3. The van der Waals surface area contributed by atoms with Crippen LogP contribution in [0, 0.1) is 0 Å². The molecule has 1 amide bonds. The smallest absolute Gasteiger partial charge is 0.411 e. The van der Waals surface area contributed by atoms with E-state index in [4.69, 9.17) is 5.11 Å². The Morgan fingerprint density at radius 1 is 1.44 bits per heavy atom. The van der Waals surface area contributed by atoms with Crippen molar-refractivity contribution in [2.45, 2.75) is 25.1 Å². The van der Waals surface area contributed by atoms with Crippen LogP contribution in [-0.4, -0.2) is 42.4 Å². The number of carboxylic acid groups (broad SMARTS) is 1. The van der Waals surface area contributed by atoms with Gasteiger partial charge in [-0.05, 0) is 6.42 Å². The van der Waals surface area contributed by atoms with Crippen LogP contribution in [0.3, 0.4) is 0 Å². The van der Waals surface area contributed by atoms with E-state index < -0.39 is 37.3 Å². The van der Waals surface area contributed by atoms with Gasteiger partial charge in [-0.3, -0.25) is 4.79 Å². The van der Waals surface area contributed by atoms with Gasteiger partial charge in [0.2, 0.25) is 5.91 Å². The molecule has 0 aromatic heterocycles. The molecule has 0 aromatic rings. The highest BCUT2D eigenvalue weighted by Crippen LogP contribution is 2.14. The normalized spacial score (nSPS) is 12.8. The number of aliphatic carboxylic acids is 1. The molecule has 2 N–H and O–H groups in total. The molecule has 0 bridgehead atoms. The molecule has 18 heavy (non-hydrogen) atoms. The first kappa shape index (κ1) is 16.4. The van der Waals surface area contributed by atoms with Gasteiger partial charge < -0.3 is 15.2 Å². The summed E-state index contributed by atoms with van der Waals surface area (Å²) in [6, 6.07) is -1.13. The standard InChI is InChI=1S/C10H14F3NO4/c1-2-3-7(9(16)17)14-8(15)4-5-18-6-10(11,12)13/h2,7H,1,3-6H2,(H,14,15)(H,16,17). The van der Waals surface area contributed by atoms with Crippen LogP contribution in [0.5, 0.6) is 0 Å². The molecular weight excluding hydrogens is 255 g/mol. The summed E-state index contributed by atoms with van der Waals surface area (Å²) < 4.78 is 39.3. The Morgan fingerprint density at radius 3 is 2.50 bits per heavy atom. The Hall–Kier alpha value is -1.57. The van der Waals surface area contributed by atoms with Gasteiger partial charge in [-0.1, -0.05) is 6.08 Å². The average Bonchev–Trinajstić information content (AvgIpc) is 2.22. The number of hydrogen-bond donors (Lipinski definition) is 2. The first-order chi connectivity index (χ1) is 8.26. The van der Waals surface area contributed by atoms with Gasteiger partial charge in [-0.2, -0.15) is 13.2 Å². The van der Waals surface area contributed by atoms with Crippen LogP contribution in [0.1, 0.15) is 12.8 Å². The van der Waals surface area contributed by atoms with Crippen LogP contribution in [0.15, 0.2) is 12.7 Å². The maximum absolute atomic E-state index is 11.7. The molecule has 0 spiro atoms. The molecule has 8 heteroatoms. The molecule has 0 radical (unpaired) electrons. The third kappa shape index (κ3) is 8.57. The Morgan fingerprint density at radius 2 is 2.06 bits per heavy atom. The van der Waals surface area contributed by atoms with Gasteiger partial charge in [-0.25, -0.2) is 4.79 Å². The van der Waals surface area contributed by atoms with E-state index in [0.29, 0.717) is 0 Å². The lowest BCUT2D eigenvalue weighted by Crippen LogP contribution is -2.40. The van der Waals surface area contributed by atoms with Gasteiger partial charge in [0.25, 0.3) is 0 Å². The summed E-state index contributed by atoms with van der Waals surface area (Å²) in [4.78, 5) is 21.8. The zero-order valence-electron chi connectivity index (χ0n) is 9.50. The van der Waals surface area contributed by atoms with E-state index in [1.807, 2.05) is 0 Å². The van der Waals surface area contributed by atoms with E-state index in [-0.39, 0.29) is 12.8 Å². The molecule has 104 valence electrons. The van der Waals surface area contributed by atoms with Gasteiger partial charge >= 0.3 is 12.1 Å². The summed E-state index contributed by atoms with van der Waals surface area (Å²) in [6.45, 7) is 1.47. The predicted octanol–water partition coefficient (Wildman–Crippen LogP) is 1.10. The summed E-state index contributed by atoms with van der Waals surface area (Å²) in [6.07, 6.45) is -3.43. The first-order valence-electron chi connectivity index (χ1n) is 5.04. The summed E-state index contributed by atoms with van der Waals surface area (Å²) in [5.41, 5.74) is 0. The van der Waals surface area contributed by atoms with Crippen molar-refractivity contribution >= 4 is 11.9 Å². The van der Waals surface area contributed by atoms with Crippen LogP contribution in [-0.2, 0) is 14.3 Å². The lowest BCUT2D eigenvalue weighted by atomic mass is 10.2. The largest absolute Gasteiger partial charge is 0.480 e. The molecule has 5 nitrogen and oxygen atoms in total. The van der Waals surface area contributed by atoms with Crippen molar-refractivity contribution in [2.75, 3.05) is 13.2 Å². The minimum atomic E-state index is -4.44. The van der Waals surface area contributed by atoms with E-state index in [1.165, 1.54) is 6.08 Å². The van der Waals surface area contributed by atoms with Crippen molar-refractivity contribution in [3.8, 4) is 0 Å². The molecule has 0 aromatic carbocycles. The number of nitrogens with one attached hydrogen (secondary N) is 1. The van der Waals surface area contributed by atoms with Crippen molar-refractivity contribution in [3.63, 3.8) is 0 Å². The summed E-state index contributed by atoms with van der Waals surface area (Å²) >= 11 is 0. The number of amides is 1. The third-order valence-corrected chi connectivity index (χ3v) is 1.77. The van der Waals surface area contributed by atoms with E-state index in [0.717, 1.165) is 0 Å². The maximum Gasteiger partial charge on any atom is 0.411 e. The molecule has 1 unspecified atom stereocenters. The van der Waals surface area contributed by atoms with Gasteiger partial charge in [0.1, 0.15) is 12.6 Å². The fraction of sp³-hybridized carbons (Fsp3) is 0.600. The zero-order valence-corrected chi connectivity index (χ0v) is 9.50.